The summed E-state index contributed by atoms with van der Waals surface area (Å²) >= 11 is 1.09. The first-order chi connectivity index (χ1) is 6.65. The zero-order valence-electron chi connectivity index (χ0n) is 7.36. The Balaban J connectivity index is 2.07. The third-order valence-corrected chi connectivity index (χ3v) is 3.15. The van der Waals surface area contributed by atoms with Crippen LogP contribution < -0.4 is 5.32 Å². The number of aromatic nitrogens is 1. The van der Waals surface area contributed by atoms with Gasteiger partial charge < -0.3 is 15.5 Å². The minimum Gasteiger partial charge on any atom is -0.477 e. The molecule has 0 aromatic carbocycles. The first kappa shape index (κ1) is 9.42. The highest BCUT2D eigenvalue weighted by molar-refractivity contribution is 7.17. The first-order valence-electron chi connectivity index (χ1n) is 4.23. The second kappa shape index (κ2) is 3.21. The van der Waals surface area contributed by atoms with Crippen LogP contribution in [0, 0.1) is 0 Å². The van der Waals surface area contributed by atoms with Gasteiger partial charge in [-0.3, -0.25) is 0 Å². The molecule has 6 heteroatoms. The summed E-state index contributed by atoms with van der Waals surface area (Å²) in [5.74, 6) is -0.968. The van der Waals surface area contributed by atoms with Crippen molar-refractivity contribution in [1.82, 2.24) is 4.98 Å². The van der Waals surface area contributed by atoms with Gasteiger partial charge in [-0.15, -0.1) is 0 Å². The van der Waals surface area contributed by atoms with E-state index in [0.717, 1.165) is 24.2 Å². The van der Waals surface area contributed by atoms with E-state index in [4.69, 9.17) is 10.2 Å². The smallest absolute Gasteiger partial charge is 0.347 e. The molecule has 1 aromatic rings. The van der Waals surface area contributed by atoms with Gasteiger partial charge in [-0.2, -0.15) is 0 Å². The summed E-state index contributed by atoms with van der Waals surface area (Å²) in [6.07, 6.45) is 3.14. The molecule has 0 spiro atoms. The topological polar surface area (TPSA) is 82.5 Å². The number of carboxylic acid groups (broad SMARTS) is 1. The molecule has 0 atom stereocenters. The summed E-state index contributed by atoms with van der Waals surface area (Å²) in [5, 5.41) is 21.3. The Morgan fingerprint density at radius 3 is 2.86 bits per heavy atom. The minimum absolute atomic E-state index is 0.0645. The van der Waals surface area contributed by atoms with Gasteiger partial charge in [0.25, 0.3) is 0 Å². The number of rotatable bonds is 4. The fourth-order valence-electron chi connectivity index (χ4n) is 1.13. The van der Waals surface area contributed by atoms with Gasteiger partial charge in [0.15, 0.2) is 5.13 Å². The van der Waals surface area contributed by atoms with Crippen molar-refractivity contribution in [3.63, 3.8) is 0 Å². The van der Waals surface area contributed by atoms with Crippen LogP contribution in [0.4, 0.5) is 5.13 Å². The minimum atomic E-state index is -0.968. The fourth-order valence-corrected chi connectivity index (χ4v) is 1.91. The van der Waals surface area contributed by atoms with Crippen molar-refractivity contribution in [3.8, 4) is 0 Å². The van der Waals surface area contributed by atoms with E-state index in [9.17, 15) is 4.79 Å². The molecule has 76 valence electrons. The highest BCUT2D eigenvalue weighted by atomic mass is 32.1. The van der Waals surface area contributed by atoms with E-state index < -0.39 is 5.97 Å². The zero-order chi connectivity index (χ0) is 10.2. The molecule has 1 fully saturated rings. The second-order valence-corrected chi connectivity index (χ2v) is 4.43. The largest absolute Gasteiger partial charge is 0.477 e. The van der Waals surface area contributed by atoms with Crippen molar-refractivity contribution in [2.24, 2.45) is 0 Å². The molecule has 0 saturated heterocycles. The van der Waals surface area contributed by atoms with Crippen LogP contribution in [0.25, 0.3) is 0 Å². The second-order valence-electron chi connectivity index (χ2n) is 3.40. The Morgan fingerprint density at radius 1 is 1.71 bits per heavy atom. The number of aliphatic hydroxyl groups is 1. The van der Waals surface area contributed by atoms with Crippen LogP contribution in [0.5, 0.6) is 0 Å². The molecule has 14 heavy (non-hydrogen) atoms. The average molecular weight is 214 g/mol. The first-order valence-corrected chi connectivity index (χ1v) is 5.05. The van der Waals surface area contributed by atoms with Crippen molar-refractivity contribution >= 4 is 22.4 Å². The normalized spacial score (nSPS) is 17.8. The van der Waals surface area contributed by atoms with E-state index in [1.165, 1.54) is 6.20 Å². The van der Waals surface area contributed by atoms with Gasteiger partial charge in [0.1, 0.15) is 4.88 Å². The molecule has 1 saturated carbocycles. The van der Waals surface area contributed by atoms with Crippen LogP contribution in [-0.2, 0) is 0 Å². The average Bonchev–Trinajstić information content (AvgIpc) is 2.75. The number of aromatic carboxylic acids is 1. The van der Waals surface area contributed by atoms with E-state index in [1.54, 1.807) is 0 Å². The molecule has 0 unspecified atom stereocenters. The van der Waals surface area contributed by atoms with Gasteiger partial charge in [-0.25, -0.2) is 9.78 Å². The van der Waals surface area contributed by atoms with Gasteiger partial charge in [-0.1, -0.05) is 11.3 Å². The van der Waals surface area contributed by atoms with Crippen molar-refractivity contribution in [2.45, 2.75) is 18.4 Å². The molecule has 0 aliphatic heterocycles. The van der Waals surface area contributed by atoms with Crippen molar-refractivity contribution in [1.29, 1.82) is 0 Å². The Bertz CT molecular complexity index is 359. The number of hydrogen-bond donors (Lipinski definition) is 3. The lowest BCUT2D eigenvalue weighted by atomic mass is 10.3. The molecule has 1 aliphatic rings. The number of aliphatic hydroxyl groups excluding tert-OH is 1. The monoisotopic (exact) mass is 214 g/mol. The number of thiazole rings is 1. The quantitative estimate of drug-likeness (QED) is 0.690. The molecule has 3 N–H and O–H groups in total. The summed E-state index contributed by atoms with van der Waals surface area (Å²) in [5.41, 5.74) is -0.242. The van der Waals surface area contributed by atoms with Crippen molar-refractivity contribution in [2.75, 3.05) is 11.9 Å². The Labute approximate surface area is 84.4 Å². The highest BCUT2D eigenvalue weighted by Gasteiger charge is 2.42. The van der Waals surface area contributed by atoms with Gasteiger partial charge in [0.2, 0.25) is 0 Å². The number of carbonyl (C=O) groups is 1. The molecular weight excluding hydrogens is 204 g/mol. The lowest BCUT2D eigenvalue weighted by molar-refractivity contribution is 0.0702. The van der Waals surface area contributed by atoms with Crippen LogP contribution in [-0.4, -0.2) is 33.3 Å². The van der Waals surface area contributed by atoms with Crippen LogP contribution in [0.1, 0.15) is 22.5 Å². The summed E-state index contributed by atoms with van der Waals surface area (Å²) in [4.78, 5) is 14.7. The number of nitrogens with one attached hydrogen (secondary N) is 1. The summed E-state index contributed by atoms with van der Waals surface area (Å²) in [7, 11) is 0. The van der Waals surface area contributed by atoms with Crippen molar-refractivity contribution < 1.29 is 15.0 Å². The molecule has 0 bridgehead atoms. The number of anilines is 1. The maximum Gasteiger partial charge on any atom is 0.347 e. The van der Waals surface area contributed by atoms with Crippen LogP contribution in [0.3, 0.4) is 0 Å². The third kappa shape index (κ3) is 1.71. The van der Waals surface area contributed by atoms with Crippen molar-refractivity contribution in [3.05, 3.63) is 11.1 Å². The summed E-state index contributed by atoms with van der Waals surface area (Å²) < 4.78 is 0. The van der Waals surface area contributed by atoms with Gasteiger partial charge >= 0.3 is 5.97 Å². The fraction of sp³-hybridized carbons (Fsp3) is 0.500. The molecular formula is C8H10N2O3S. The third-order valence-electron chi connectivity index (χ3n) is 2.24. The number of hydrogen-bond acceptors (Lipinski definition) is 5. The van der Waals surface area contributed by atoms with Gasteiger partial charge in [0.05, 0.1) is 18.3 Å². The Kier molecular flexibility index (Phi) is 2.16. The van der Waals surface area contributed by atoms with E-state index in [-0.39, 0.29) is 17.0 Å². The summed E-state index contributed by atoms with van der Waals surface area (Å²) in [6.45, 7) is 0.0645. The van der Waals surface area contributed by atoms with E-state index in [0.29, 0.717) is 5.13 Å². The lowest BCUT2D eigenvalue weighted by Gasteiger charge is -2.11. The van der Waals surface area contributed by atoms with Crippen LogP contribution in [0.15, 0.2) is 6.20 Å². The van der Waals surface area contributed by atoms with Crippen LogP contribution >= 0.6 is 11.3 Å². The van der Waals surface area contributed by atoms with E-state index in [2.05, 4.69) is 10.3 Å². The maximum atomic E-state index is 10.6. The molecule has 2 rings (SSSR count). The van der Waals surface area contributed by atoms with Gasteiger partial charge in [0, 0.05) is 0 Å². The number of nitrogens with zero attached hydrogens (tertiary/aromatic N) is 1. The predicted molar refractivity (Wildman–Crippen MR) is 51.7 cm³/mol. The predicted octanol–water partition coefficient (Wildman–Crippen LogP) is 0.778. The Morgan fingerprint density at radius 2 is 2.43 bits per heavy atom. The maximum absolute atomic E-state index is 10.6. The Hall–Kier alpha value is -1.14. The van der Waals surface area contributed by atoms with Crippen LogP contribution in [0.2, 0.25) is 0 Å². The molecule has 1 heterocycles. The molecule has 1 aromatic heterocycles. The van der Waals surface area contributed by atoms with Gasteiger partial charge in [-0.05, 0) is 12.8 Å². The summed E-state index contributed by atoms with van der Waals surface area (Å²) in [6, 6.07) is 0. The highest BCUT2D eigenvalue weighted by Crippen LogP contribution is 2.39. The molecule has 5 nitrogen and oxygen atoms in total. The molecule has 0 radical (unpaired) electrons. The van der Waals surface area contributed by atoms with E-state index in [1.807, 2.05) is 0 Å². The number of carboxylic acids is 1. The molecule has 1 aliphatic carbocycles. The van der Waals surface area contributed by atoms with E-state index >= 15 is 0 Å². The SMILES string of the molecule is O=C(O)c1cnc(NC2(CO)CC2)s1. The zero-order valence-corrected chi connectivity index (χ0v) is 8.17. The standard InChI is InChI=1S/C8H10N2O3S/c11-4-8(1-2-8)10-7-9-3-5(14-7)6(12)13/h3,11H,1-2,4H2,(H,9,10)(H,12,13). The lowest BCUT2D eigenvalue weighted by Crippen LogP contribution is -2.25. The molecule has 0 amide bonds.